The number of carbonyl (C=O) groups is 2. The van der Waals surface area contributed by atoms with Crippen LogP contribution in [0, 0.1) is 11.8 Å². The van der Waals surface area contributed by atoms with E-state index in [1.807, 2.05) is 4.90 Å². The summed E-state index contributed by atoms with van der Waals surface area (Å²) in [6.45, 7) is 1.84. The van der Waals surface area contributed by atoms with Crippen LogP contribution >= 0.6 is 0 Å². The quantitative estimate of drug-likeness (QED) is 0.827. The van der Waals surface area contributed by atoms with Gasteiger partial charge in [0.25, 0.3) is 0 Å². The van der Waals surface area contributed by atoms with E-state index in [1.54, 1.807) is 19.0 Å². The fourth-order valence-electron chi connectivity index (χ4n) is 4.05. The average molecular weight is 324 g/mol. The van der Waals surface area contributed by atoms with Gasteiger partial charge in [-0.1, -0.05) is 0 Å². The molecule has 6 nitrogen and oxygen atoms in total. The summed E-state index contributed by atoms with van der Waals surface area (Å²) in [7, 11) is 3.54. The molecule has 0 aromatic rings. The van der Waals surface area contributed by atoms with Crippen LogP contribution in [0.15, 0.2) is 0 Å². The van der Waals surface area contributed by atoms with Crippen LogP contribution in [0.2, 0.25) is 0 Å². The molecule has 0 aromatic carbocycles. The molecule has 2 saturated heterocycles. The Labute approximate surface area is 137 Å². The van der Waals surface area contributed by atoms with Gasteiger partial charge in [0.05, 0.1) is 30.7 Å². The first-order chi connectivity index (χ1) is 10.9. The van der Waals surface area contributed by atoms with E-state index in [0.29, 0.717) is 19.7 Å². The highest BCUT2D eigenvalue weighted by Crippen LogP contribution is 2.36. The molecule has 1 N–H and O–H groups in total. The Morgan fingerprint density at radius 1 is 1.35 bits per heavy atom. The van der Waals surface area contributed by atoms with E-state index in [0.717, 1.165) is 32.1 Å². The fourth-order valence-corrected chi connectivity index (χ4v) is 4.05. The van der Waals surface area contributed by atoms with Gasteiger partial charge in [0.1, 0.15) is 0 Å². The summed E-state index contributed by atoms with van der Waals surface area (Å²) >= 11 is 0. The Morgan fingerprint density at radius 2 is 2.09 bits per heavy atom. The van der Waals surface area contributed by atoms with Crippen molar-refractivity contribution in [3.8, 4) is 0 Å². The first-order valence-electron chi connectivity index (χ1n) is 8.71. The maximum atomic E-state index is 12.5. The van der Waals surface area contributed by atoms with Gasteiger partial charge in [-0.3, -0.25) is 9.59 Å². The predicted molar refractivity (Wildman–Crippen MR) is 84.6 cm³/mol. The van der Waals surface area contributed by atoms with E-state index in [9.17, 15) is 14.7 Å². The minimum Gasteiger partial charge on any atom is -0.389 e. The van der Waals surface area contributed by atoms with Crippen LogP contribution in [0.1, 0.15) is 38.5 Å². The van der Waals surface area contributed by atoms with Crippen molar-refractivity contribution in [1.82, 2.24) is 9.80 Å². The summed E-state index contributed by atoms with van der Waals surface area (Å²) in [5.41, 5.74) is -0.763. The number of hydrogen-bond acceptors (Lipinski definition) is 4. The normalized spacial score (nSPS) is 32.7. The zero-order valence-electron chi connectivity index (χ0n) is 14.2. The summed E-state index contributed by atoms with van der Waals surface area (Å²) in [5, 5.41) is 10.2. The van der Waals surface area contributed by atoms with Crippen molar-refractivity contribution in [1.29, 1.82) is 0 Å². The zero-order chi connectivity index (χ0) is 16.6. The van der Waals surface area contributed by atoms with E-state index >= 15 is 0 Å². The molecule has 0 spiro atoms. The molecule has 2 amide bonds. The second-order valence-electron chi connectivity index (χ2n) is 7.68. The number of piperidine rings is 1. The van der Waals surface area contributed by atoms with E-state index in [2.05, 4.69) is 0 Å². The second-order valence-corrected chi connectivity index (χ2v) is 7.68. The molecule has 23 heavy (non-hydrogen) atoms. The van der Waals surface area contributed by atoms with Crippen LogP contribution in [0.3, 0.4) is 0 Å². The number of amides is 2. The fraction of sp³-hybridized carbons (Fsp3) is 0.882. The molecule has 3 aliphatic rings. The lowest BCUT2D eigenvalue weighted by atomic mass is 9.77. The van der Waals surface area contributed by atoms with Gasteiger partial charge >= 0.3 is 0 Å². The molecule has 130 valence electrons. The summed E-state index contributed by atoms with van der Waals surface area (Å²) in [4.78, 5) is 28.1. The monoisotopic (exact) mass is 324 g/mol. The smallest absolute Gasteiger partial charge is 0.227 e. The molecule has 0 aromatic heterocycles. The summed E-state index contributed by atoms with van der Waals surface area (Å²) in [5.74, 6) is 0.283. The lowest BCUT2D eigenvalue weighted by Crippen LogP contribution is -2.53. The minimum atomic E-state index is -0.763. The van der Waals surface area contributed by atoms with E-state index in [1.165, 1.54) is 0 Å². The molecule has 2 aliphatic heterocycles. The number of aliphatic hydroxyl groups is 1. The van der Waals surface area contributed by atoms with Gasteiger partial charge in [-0.25, -0.2) is 0 Å². The molecule has 1 saturated carbocycles. The van der Waals surface area contributed by atoms with Gasteiger partial charge in [-0.2, -0.15) is 0 Å². The highest BCUT2D eigenvalue weighted by Gasteiger charge is 2.42. The Bertz CT molecular complexity index is 475. The molecule has 2 heterocycles. The largest absolute Gasteiger partial charge is 0.389 e. The van der Waals surface area contributed by atoms with Gasteiger partial charge in [0.2, 0.25) is 11.8 Å². The van der Waals surface area contributed by atoms with Crippen LogP contribution in [0.25, 0.3) is 0 Å². The molecule has 0 unspecified atom stereocenters. The maximum Gasteiger partial charge on any atom is 0.227 e. The molecule has 3 fully saturated rings. The topological polar surface area (TPSA) is 70.1 Å². The van der Waals surface area contributed by atoms with Crippen molar-refractivity contribution in [3.63, 3.8) is 0 Å². The molecule has 3 atom stereocenters. The number of ether oxygens (including phenoxy) is 1. The Kier molecular flexibility index (Phi) is 4.65. The Hall–Kier alpha value is -1.14. The first kappa shape index (κ1) is 16.7. The van der Waals surface area contributed by atoms with Crippen molar-refractivity contribution < 1.29 is 19.4 Å². The third-order valence-corrected chi connectivity index (χ3v) is 5.67. The minimum absolute atomic E-state index is 0.0479. The van der Waals surface area contributed by atoms with E-state index in [4.69, 9.17) is 4.74 Å². The average Bonchev–Trinajstić information content (AvgIpc) is 2.51. The number of carbonyl (C=O) groups excluding carboxylic acids is 2. The second kappa shape index (κ2) is 6.40. The van der Waals surface area contributed by atoms with Gasteiger partial charge in [0.15, 0.2) is 0 Å². The standard InChI is InChI=1S/C17H28N2O4/c1-18(2)16(21)13-8-12-10-19(7-4-14(12)23-11-13)15(20)9-17(22)5-3-6-17/h12-14,22H,3-11H2,1-2H3/t12-,13-,14+/m0/s1. The van der Waals surface area contributed by atoms with Crippen LogP contribution in [-0.4, -0.2) is 72.2 Å². The Morgan fingerprint density at radius 3 is 2.70 bits per heavy atom. The van der Waals surface area contributed by atoms with Crippen molar-refractivity contribution in [2.75, 3.05) is 33.8 Å². The molecular formula is C17H28N2O4. The predicted octanol–water partition coefficient (Wildman–Crippen LogP) is 0.633. The lowest BCUT2D eigenvalue weighted by Gasteiger charge is -2.44. The number of likely N-dealkylation sites (tertiary alicyclic amines) is 1. The third-order valence-electron chi connectivity index (χ3n) is 5.67. The molecule has 3 rings (SSSR count). The summed E-state index contributed by atoms with van der Waals surface area (Å²) in [6, 6.07) is 0. The SMILES string of the molecule is CN(C)C(=O)[C@@H]1CO[C@@H]2CCN(C(=O)CC3(O)CCC3)C[C@@H]2C1. The molecule has 1 aliphatic carbocycles. The molecule has 6 heteroatoms. The third kappa shape index (κ3) is 3.53. The van der Waals surface area contributed by atoms with Crippen molar-refractivity contribution in [2.45, 2.75) is 50.2 Å². The van der Waals surface area contributed by atoms with Crippen LogP contribution in [-0.2, 0) is 14.3 Å². The Balaban J connectivity index is 1.57. The number of fused-ring (bicyclic) bond motifs is 1. The highest BCUT2D eigenvalue weighted by atomic mass is 16.5. The molecule has 0 bridgehead atoms. The van der Waals surface area contributed by atoms with Crippen molar-refractivity contribution in [2.24, 2.45) is 11.8 Å². The van der Waals surface area contributed by atoms with Gasteiger partial charge in [-0.15, -0.1) is 0 Å². The molecule has 0 radical (unpaired) electrons. The van der Waals surface area contributed by atoms with E-state index < -0.39 is 5.60 Å². The summed E-state index contributed by atoms with van der Waals surface area (Å²) in [6.07, 6.45) is 4.51. The zero-order valence-corrected chi connectivity index (χ0v) is 14.2. The van der Waals surface area contributed by atoms with Gasteiger partial charge in [-0.05, 0) is 32.1 Å². The number of rotatable bonds is 3. The highest BCUT2D eigenvalue weighted by molar-refractivity contribution is 5.79. The first-order valence-corrected chi connectivity index (χ1v) is 8.71. The van der Waals surface area contributed by atoms with E-state index in [-0.39, 0.29) is 36.2 Å². The number of nitrogens with zero attached hydrogens (tertiary/aromatic N) is 2. The maximum absolute atomic E-state index is 12.5. The lowest BCUT2D eigenvalue weighted by molar-refractivity contribution is -0.154. The molecular weight excluding hydrogens is 296 g/mol. The van der Waals surface area contributed by atoms with Gasteiger partial charge < -0.3 is 19.6 Å². The van der Waals surface area contributed by atoms with Crippen molar-refractivity contribution in [3.05, 3.63) is 0 Å². The number of hydrogen-bond donors (Lipinski definition) is 1. The van der Waals surface area contributed by atoms with Crippen LogP contribution in [0.4, 0.5) is 0 Å². The van der Waals surface area contributed by atoms with Crippen molar-refractivity contribution >= 4 is 11.8 Å². The van der Waals surface area contributed by atoms with Gasteiger partial charge in [0, 0.05) is 33.1 Å². The summed E-state index contributed by atoms with van der Waals surface area (Å²) < 4.78 is 5.89. The van der Waals surface area contributed by atoms with Crippen LogP contribution < -0.4 is 0 Å². The van der Waals surface area contributed by atoms with Crippen LogP contribution in [0.5, 0.6) is 0 Å².